The number of nitrogens with zero attached hydrogens (tertiary/aromatic N) is 1. The van der Waals surface area contributed by atoms with Crippen molar-refractivity contribution in [3.8, 4) is 5.75 Å². The number of phenolic OH excluding ortho intramolecular Hbond substituents is 1. The fraction of sp³-hybridized carbons (Fsp3) is 0.429. The van der Waals surface area contributed by atoms with Gasteiger partial charge in [-0.1, -0.05) is 6.07 Å². The molecule has 5 heteroatoms. The molecule has 0 fully saturated rings. The molecule has 0 bridgehead atoms. The second-order valence-electron chi connectivity index (χ2n) is 5.25. The van der Waals surface area contributed by atoms with Crippen molar-refractivity contribution in [2.45, 2.75) is 39.3 Å². The molecule has 19 heavy (non-hydrogen) atoms. The molecule has 0 aliphatic heterocycles. The molecule has 0 saturated heterocycles. The van der Waals surface area contributed by atoms with Crippen LogP contribution in [0.25, 0.3) is 0 Å². The molecule has 0 aliphatic carbocycles. The summed E-state index contributed by atoms with van der Waals surface area (Å²) in [5, 5.41) is 9.46. The average molecular weight is 265 g/mol. The Balaban J connectivity index is 3.08. The van der Waals surface area contributed by atoms with Gasteiger partial charge >= 0.3 is 6.09 Å². The fourth-order valence-corrected chi connectivity index (χ4v) is 1.52. The van der Waals surface area contributed by atoms with E-state index in [4.69, 9.17) is 4.74 Å². The second-order valence-corrected chi connectivity index (χ2v) is 5.25. The summed E-state index contributed by atoms with van der Waals surface area (Å²) in [7, 11) is 0. The Kier molecular flexibility index (Phi) is 4.53. The van der Waals surface area contributed by atoms with Crippen LogP contribution in [0.1, 0.15) is 27.7 Å². The van der Waals surface area contributed by atoms with Crippen LogP contribution in [0.5, 0.6) is 5.75 Å². The number of amides is 1. The van der Waals surface area contributed by atoms with Crippen molar-refractivity contribution in [2.75, 3.05) is 4.90 Å². The van der Waals surface area contributed by atoms with Gasteiger partial charge in [-0.3, -0.25) is 4.90 Å². The van der Waals surface area contributed by atoms with E-state index in [-0.39, 0.29) is 5.75 Å². The molecule has 0 saturated carbocycles. The number of ether oxygens (including phenoxy) is 1. The molecule has 5 nitrogen and oxygen atoms in total. The quantitative estimate of drug-likeness (QED) is 0.853. The van der Waals surface area contributed by atoms with Crippen LogP contribution in [0.2, 0.25) is 0 Å². The highest BCUT2D eigenvalue weighted by atomic mass is 16.6. The first-order valence-corrected chi connectivity index (χ1v) is 6.01. The molecule has 104 valence electrons. The lowest BCUT2D eigenvalue weighted by Gasteiger charge is -2.29. The van der Waals surface area contributed by atoms with Crippen molar-refractivity contribution < 1.29 is 19.4 Å². The Morgan fingerprint density at radius 2 is 2.05 bits per heavy atom. The summed E-state index contributed by atoms with van der Waals surface area (Å²) in [6, 6.07) is 5.44. The number of hydrogen-bond acceptors (Lipinski definition) is 4. The molecule has 1 unspecified atom stereocenters. The number of rotatable bonds is 3. The Bertz CT molecular complexity index is 465. The summed E-state index contributed by atoms with van der Waals surface area (Å²) < 4.78 is 5.26. The van der Waals surface area contributed by atoms with Crippen LogP contribution >= 0.6 is 0 Å². The topological polar surface area (TPSA) is 66.8 Å². The summed E-state index contributed by atoms with van der Waals surface area (Å²) in [6.07, 6.45) is 0.0197. The van der Waals surface area contributed by atoms with E-state index in [1.807, 2.05) is 0 Å². The molecule has 0 heterocycles. The minimum Gasteiger partial charge on any atom is -0.508 e. The number of carbonyl (C=O) groups excluding carboxylic acids is 2. The highest BCUT2D eigenvalue weighted by Gasteiger charge is 2.27. The summed E-state index contributed by atoms with van der Waals surface area (Å²) in [5.74, 6) is 0.0177. The second kappa shape index (κ2) is 5.73. The van der Waals surface area contributed by atoms with Crippen LogP contribution in [0.15, 0.2) is 24.3 Å². The zero-order valence-corrected chi connectivity index (χ0v) is 11.6. The van der Waals surface area contributed by atoms with E-state index >= 15 is 0 Å². The first kappa shape index (κ1) is 15.0. The van der Waals surface area contributed by atoms with Crippen molar-refractivity contribution in [3.05, 3.63) is 24.3 Å². The molecule has 1 aromatic rings. The van der Waals surface area contributed by atoms with Gasteiger partial charge in [-0.05, 0) is 39.8 Å². The number of hydrogen-bond donors (Lipinski definition) is 1. The molecular formula is C14H19NO4. The van der Waals surface area contributed by atoms with Crippen LogP contribution in [-0.2, 0) is 9.53 Å². The predicted molar refractivity (Wildman–Crippen MR) is 72.3 cm³/mol. The van der Waals surface area contributed by atoms with Crippen molar-refractivity contribution in [1.82, 2.24) is 0 Å². The normalized spacial score (nSPS) is 12.6. The molecule has 0 aromatic heterocycles. The first-order valence-electron chi connectivity index (χ1n) is 6.01. The molecule has 0 spiro atoms. The van der Waals surface area contributed by atoms with Crippen LogP contribution in [0.4, 0.5) is 10.5 Å². The van der Waals surface area contributed by atoms with E-state index < -0.39 is 17.7 Å². The molecule has 1 N–H and O–H groups in total. The van der Waals surface area contributed by atoms with E-state index in [0.717, 1.165) is 0 Å². The molecule has 0 aliphatic rings. The van der Waals surface area contributed by atoms with Crippen LogP contribution in [0.3, 0.4) is 0 Å². The Hall–Kier alpha value is -2.04. The van der Waals surface area contributed by atoms with Gasteiger partial charge in [0.05, 0.1) is 11.7 Å². The number of benzene rings is 1. The lowest BCUT2D eigenvalue weighted by molar-refractivity contribution is -0.108. The maximum absolute atomic E-state index is 12.1. The maximum Gasteiger partial charge on any atom is 0.415 e. The average Bonchev–Trinajstić information content (AvgIpc) is 2.26. The maximum atomic E-state index is 12.1. The van der Waals surface area contributed by atoms with Gasteiger partial charge in [0.2, 0.25) is 0 Å². The Labute approximate surface area is 112 Å². The number of phenols is 1. The number of aromatic hydroxyl groups is 1. The minimum absolute atomic E-state index is 0.0177. The van der Waals surface area contributed by atoms with Crippen LogP contribution in [-0.4, -0.2) is 29.1 Å². The summed E-state index contributed by atoms with van der Waals surface area (Å²) in [4.78, 5) is 24.3. The van der Waals surface area contributed by atoms with Gasteiger partial charge in [-0.15, -0.1) is 0 Å². The zero-order valence-electron chi connectivity index (χ0n) is 11.6. The van der Waals surface area contributed by atoms with Gasteiger partial charge in [-0.2, -0.15) is 0 Å². The van der Waals surface area contributed by atoms with Crippen LogP contribution < -0.4 is 4.90 Å². The number of anilines is 1. The smallest absolute Gasteiger partial charge is 0.415 e. The third-order valence-corrected chi connectivity index (χ3v) is 2.30. The number of aldehydes is 1. The fourth-order valence-electron chi connectivity index (χ4n) is 1.52. The van der Waals surface area contributed by atoms with Crippen molar-refractivity contribution in [3.63, 3.8) is 0 Å². The molecular weight excluding hydrogens is 246 g/mol. The highest BCUT2D eigenvalue weighted by molar-refractivity contribution is 5.92. The molecule has 0 radical (unpaired) electrons. The number of carbonyl (C=O) groups is 2. The largest absolute Gasteiger partial charge is 0.508 e. The lowest BCUT2D eigenvalue weighted by Crippen LogP contribution is -2.43. The van der Waals surface area contributed by atoms with E-state index in [9.17, 15) is 14.7 Å². The Morgan fingerprint density at radius 3 is 2.53 bits per heavy atom. The van der Waals surface area contributed by atoms with Crippen molar-refractivity contribution >= 4 is 18.1 Å². The summed E-state index contributed by atoms with van der Waals surface area (Å²) in [5.41, 5.74) is -0.247. The Morgan fingerprint density at radius 1 is 1.42 bits per heavy atom. The van der Waals surface area contributed by atoms with E-state index in [2.05, 4.69) is 0 Å². The standard InChI is InChI=1S/C14H19NO4/c1-10(9-16)15(13(18)19-14(2,3)4)11-6-5-7-12(17)8-11/h5-10,17H,1-4H3. The highest BCUT2D eigenvalue weighted by Crippen LogP contribution is 2.23. The van der Waals surface area contributed by atoms with Gasteiger partial charge in [0, 0.05) is 6.07 Å². The van der Waals surface area contributed by atoms with Gasteiger partial charge in [0.25, 0.3) is 0 Å². The molecule has 1 atom stereocenters. The van der Waals surface area contributed by atoms with Gasteiger partial charge < -0.3 is 14.6 Å². The molecule has 1 aromatic carbocycles. The third kappa shape index (κ3) is 4.28. The SMILES string of the molecule is CC(C=O)N(C(=O)OC(C)(C)C)c1cccc(O)c1. The molecule has 1 amide bonds. The van der Waals surface area contributed by atoms with Gasteiger partial charge in [0.15, 0.2) is 0 Å². The van der Waals surface area contributed by atoms with Crippen molar-refractivity contribution in [1.29, 1.82) is 0 Å². The summed E-state index contributed by atoms with van der Waals surface area (Å²) >= 11 is 0. The van der Waals surface area contributed by atoms with Gasteiger partial charge in [-0.25, -0.2) is 4.79 Å². The lowest BCUT2D eigenvalue weighted by atomic mass is 10.2. The van der Waals surface area contributed by atoms with E-state index in [0.29, 0.717) is 12.0 Å². The van der Waals surface area contributed by atoms with Crippen LogP contribution in [0, 0.1) is 0 Å². The minimum atomic E-state index is -0.684. The third-order valence-electron chi connectivity index (χ3n) is 2.30. The van der Waals surface area contributed by atoms with E-state index in [1.165, 1.54) is 17.0 Å². The monoisotopic (exact) mass is 265 g/mol. The summed E-state index contributed by atoms with van der Waals surface area (Å²) in [6.45, 7) is 6.83. The molecule has 1 rings (SSSR count). The predicted octanol–water partition coefficient (Wildman–Crippen LogP) is 2.72. The zero-order chi connectivity index (χ0) is 14.6. The van der Waals surface area contributed by atoms with Gasteiger partial charge in [0.1, 0.15) is 17.6 Å². The first-order chi connectivity index (χ1) is 8.74. The van der Waals surface area contributed by atoms with Crippen molar-refractivity contribution in [2.24, 2.45) is 0 Å². The van der Waals surface area contributed by atoms with E-state index in [1.54, 1.807) is 39.8 Å².